The van der Waals surface area contributed by atoms with Gasteiger partial charge in [0, 0.05) is 24.8 Å². The van der Waals surface area contributed by atoms with Gasteiger partial charge in [-0.05, 0) is 31.7 Å². The first-order valence-electron chi connectivity index (χ1n) is 5.75. The molecule has 2 rings (SSSR count). The molecule has 1 fully saturated rings. The van der Waals surface area contributed by atoms with E-state index in [2.05, 4.69) is 4.98 Å². The van der Waals surface area contributed by atoms with Crippen molar-refractivity contribution >= 4 is 5.82 Å². The minimum Gasteiger partial charge on any atom is -0.392 e. The smallest absolute Gasteiger partial charge is 0.171 e. The zero-order chi connectivity index (χ0) is 11.5. The lowest BCUT2D eigenvalue weighted by Gasteiger charge is -2.22. The van der Waals surface area contributed by atoms with Gasteiger partial charge >= 0.3 is 0 Å². The average molecular weight is 224 g/mol. The van der Waals surface area contributed by atoms with Gasteiger partial charge < -0.3 is 10.0 Å². The molecular formula is C12H17FN2O. The van der Waals surface area contributed by atoms with Gasteiger partial charge in [-0.3, -0.25) is 0 Å². The molecule has 0 unspecified atom stereocenters. The molecule has 4 heteroatoms. The molecule has 0 amide bonds. The highest BCUT2D eigenvalue weighted by atomic mass is 19.1. The summed E-state index contributed by atoms with van der Waals surface area (Å²) < 4.78 is 13.9. The summed E-state index contributed by atoms with van der Waals surface area (Å²) >= 11 is 0. The number of aromatic nitrogens is 1. The quantitative estimate of drug-likeness (QED) is 0.830. The fourth-order valence-electron chi connectivity index (χ4n) is 1.79. The van der Waals surface area contributed by atoms with E-state index in [9.17, 15) is 4.39 Å². The average Bonchev–Trinajstić information content (AvgIpc) is 3.10. The number of aliphatic hydroxyl groups is 1. The highest BCUT2D eigenvalue weighted by molar-refractivity contribution is 5.43. The molecule has 1 saturated carbocycles. The van der Waals surface area contributed by atoms with Gasteiger partial charge in [0.25, 0.3) is 0 Å². The maximum atomic E-state index is 13.9. The van der Waals surface area contributed by atoms with E-state index in [0.29, 0.717) is 17.3 Å². The summed E-state index contributed by atoms with van der Waals surface area (Å²) in [6.45, 7) is 3.34. The van der Waals surface area contributed by atoms with Crippen molar-refractivity contribution in [1.82, 2.24) is 4.98 Å². The second-order valence-corrected chi connectivity index (χ2v) is 4.25. The molecule has 0 atom stereocenters. The van der Waals surface area contributed by atoms with E-state index in [1.807, 2.05) is 11.8 Å². The van der Waals surface area contributed by atoms with Crippen LogP contribution in [0.4, 0.5) is 10.2 Å². The third kappa shape index (κ3) is 2.32. The monoisotopic (exact) mass is 224 g/mol. The molecule has 0 bridgehead atoms. The Morgan fingerprint density at radius 1 is 1.56 bits per heavy atom. The lowest BCUT2D eigenvalue weighted by Crippen LogP contribution is -2.27. The van der Waals surface area contributed by atoms with Crippen molar-refractivity contribution in [3.63, 3.8) is 0 Å². The van der Waals surface area contributed by atoms with Crippen molar-refractivity contribution in [3.8, 4) is 0 Å². The molecular weight excluding hydrogens is 207 g/mol. The summed E-state index contributed by atoms with van der Waals surface area (Å²) in [4.78, 5) is 6.03. The van der Waals surface area contributed by atoms with E-state index in [-0.39, 0.29) is 12.4 Å². The maximum absolute atomic E-state index is 13.9. The molecule has 0 aromatic carbocycles. The number of rotatable bonds is 5. The van der Waals surface area contributed by atoms with Crippen LogP contribution in [0.25, 0.3) is 0 Å². The Kier molecular flexibility index (Phi) is 3.39. The van der Waals surface area contributed by atoms with Crippen LogP contribution in [0.2, 0.25) is 0 Å². The molecule has 1 N–H and O–H groups in total. The number of hydrogen-bond donors (Lipinski definition) is 1. The number of hydrogen-bond acceptors (Lipinski definition) is 3. The Bertz CT molecular complexity index is 366. The molecule has 16 heavy (non-hydrogen) atoms. The Labute approximate surface area is 94.9 Å². The van der Waals surface area contributed by atoms with Crippen LogP contribution in [0.1, 0.15) is 25.3 Å². The zero-order valence-electron chi connectivity index (χ0n) is 9.49. The van der Waals surface area contributed by atoms with Gasteiger partial charge in [-0.25, -0.2) is 9.37 Å². The molecule has 1 aliphatic carbocycles. The molecule has 1 aromatic heterocycles. The van der Waals surface area contributed by atoms with E-state index < -0.39 is 0 Å². The molecule has 88 valence electrons. The Morgan fingerprint density at radius 3 is 2.88 bits per heavy atom. The Hall–Kier alpha value is -1.16. The third-order valence-corrected chi connectivity index (χ3v) is 2.98. The van der Waals surface area contributed by atoms with Crippen LogP contribution in [0.15, 0.2) is 12.3 Å². The first-order chi connectivity index (χ1) is 7.76. The summed E-state index contributed by atoms with van der Waals surface area (Å²) in [7, 11) is 0. The van der Waals surface area contributed by atoms with Crippen LogP contribution in [0.5, 0.6) is 0 Å². The van der Waals surface area contributed by atoms with E-state index in [1.165, 1.54) is 18.9 Å². The van der Waals surface area contributed by atoms with E-state index in [0.717, 1.165) is 13.1 Å². The molecule has 0 saturated heterocycles. The number of nitrogens with zero attached hydrogens (tertiary/aromatic N) is 2. The van der Waals surface area contributed by atoms with E-state index >= 15 is 0 Å². The number of pyridine rings is 1. The lowest BCUT2D eigenvalue weighted by atomic mass is 10.2. The molecule has 0 spiro atoms. The number of anilines is 1. The minimum atomic E-state index is -0.382. The van der Waals surface area contributed by atoms with Gasteiger partial charge in [0.05, 0.1) is 6.61 Å². The van der Waals surface area contributed by atoms with Crippen molar-refractivity contribution in [2.45, 2.75) is 26.4 Å². The fraction of sp³-hybridized carbons (Fsp3) is 0.583. The second kappa shape index (κ2) is 4.78. The highest BCUT2D eigenvalue weighted by Crippen LogP contribution is 2.31. The lowest BCUT2D eigenvalue weighted by molar-refractivity contribution is 0.275. The van der Waals surface area contributed by atoms with Gasteiger partial charge in [-0.1, -0.05) is 0 Å². The van der Waals surface area contributed by atoms with Gasteiger partial charge in [-0.2, -0.15) is 0 Å². The molecule has 1 aliphatic rings. The summed E-state index contributed by atoms with van der Waals surface area (Å²) in [6.07, 6.45) is 4.02. The molecule has 1 heterocycles. The Morgan fingerprint density at radius 2 is 2.31 bits per heavy atom. The maximum Gasteiger partial charge on any atom is 0.171 e. The summed E-state index contributed by atoms with van der Waals surface area (Å²) in [5.41, 5.74) is 0.319. The number of halogens is 1. The predicted octanol–water partition coefficient (Wildman–Crippen LogP) is 1.95. The van der Waals surface area contributed by atoms with Gasteiger partial charge in [0.1, 0.15) is 0 Å². The second-order valence-electron chi connectivity index (χ2n) is 4.25. The topological polar surface area (TPSA) is 36.4 Å². The third-order valence-electron chi connectivity index (χ3n) is 2.98. The van der Waals surface area contributed by atoms with Crippen LogP contribution in [0.3, 0.4) is 0 Å². The van der Waals surface area contributed by atoms with E-state index in [4.69, 9.17) is 5.11 Å². The number of aliphatic hydroxyl groups excluding tert-OH is 1. The van der Waals surface area contributed by atoms with Gasteiger partial charge in [0.2, 0.25) is 0 Å². The molecule has 0 aliphatic heterocycles. The van der Waals surface area contributed by atoms with Gasteiger partial charge in [0.15, 0.2) is 11.6 Å². The fourth-order valence-corrected chi connectivity index (χ4v) is 1.79. The van der Waals surface area contributed by atoms with Crippen molar-refractivity contribution in [3.05, 3.63) is 23.6 Å². The van der Waals surface area contributed by atoms with Crippen molar-refractivity contribution in [2.75, 3.05) is 18.0 Å². The minimum absolute atomic E-state index is 0.275. The highest BCUT2D eigenvalue weighted by Gasteiger charge is 2.25. The molecule has 1 aromatic rings. The Balaban J connectivity index is 2.21. The normalized spacial score (nSPS) is 15.2. The van der Waals surface area contributed by atoms with Crippen molar-refractivity contribution in [1.29, 1.82) is 0 Å². The first-order valence-corrected chi connectivity index (χ1v) is 5.75. The van der Waals surface area contributed by atoms with Crippen LogP contribution < -0.4 is 4.90 Å². The largest absolute Gasteiger partial charge is 0.392 e. The van der Waals surface area contributed by atoms with Crippen molar-refractivity contribution in [2.24, 2.45) is 5.92 Å². The summed E-state index contributed by atoms with van der Waals surface area (Å²) in [5.74, 6) is 0.687. The summed E-state index contributed by atoms with van der Waals surface area (Å²) in [6, 6.07) is 1.52. The summed E-state index contributed by atoms with van der Waals surface area (Å²) in [5, 5.41) is 9.01. The molecule has 3 nitrogen and oxygen atoms in total. The SMILES string of the molecule is CCN(CC1CC1)c1nccc(CO)c1F. The van der Waals surface area contributed by atoms with Crippen LogP contribution in [-0.2, 0) is 6.61 Å². The first kappa shape index (κ1) is 11.3. The standard InChI is InChI=1S/C12H17FN2O/c1-2-15(7-9-3-4-9)12-11(13)10(8-16)5-6-14-12/h5-6,9,16H,2-4,7-8H2,1H3. The predicted molar refractivity (Wildman–Crippen MR) is 60.7 cm³/mol. The molecule has 0 radical (unpaired) electrons. The van der Waals surface area contributed by atoms with E-state index in [1.54, 1.807) is 6.20 Å². The van der Waals surface area contributed by atoms with Crippen molar-refractivity contribution < 1.29 is 9.50 Å². The van der Waals surface area contributed by atoms with Crippen LogP contribution in [-0.4, -0.2) is 23.2 Å². The van der Waals surface area contributed by atoms with Crippen LogP contribution >= 0.6 is 0 Å². The zero-order valence-corrected chi connectivity index (χ0v) is 9.49. The van der Waals surface area contributed by atoms with Gasteiger partial charge in [-0.15, -0.1) is 0 Å². The van der Waals surface area contributed by atoms with Crippen LogP contribution in [0, 0.1) is 11.7 Å².